The van der Waals surface area contributed by atoms with Gasteiger partial charge >= 0.3 is 0 Å². The number of pyridine rings is 2. The highest BCUT2D eigenvalue weighted by atomic mass is 32.1. The molecule has 4 aromatic rings. The van der Waals surface area contributed by atoms with Gasteiger partial charge in [-0.25, -0.2) is 0 Å². The third-order valence-electron chi connectivity index (χ3n) is 6.19. The van der Waals surface area contributed by atoms with Gasteiger partial charge in [-0.3, -0.25) is 9.97 Å². The monoisotopic (exact) mass is 468 g/mol. The zero-order chi connectivity index (χ0) is 23.3. The molecule has 1 saturated heterocycles. The summed E-state index contributed by atoms with van der Waals surface area (Å²) in [5, 5.41) is 7.83. The van der Waals surface area contributed by atoms with Gasteiger partial charge in [-0.1, -0.05) is 24.3 Å². The second kappa shape index (κ2) is 10.1. The van der Waals surface area contributed by atoms with Gasteiger partial charge in [-0.2, -0.15) is 0 Å². The Bertz CT molecular complexity index is 1230. The van der Waals surface area contributed by atoms with Crippen molar-refractivity contribution in [1.29, 1.82) is 0 Å². The van der Waals surface area contributed by atoms with Crippen molar-refractivity contribution in [2.24, 2.45) is 0 Å². The Labute approximate surface area is 205 Å². The summed E-state index contributed by atoms with van der Waals surface area (Å²) in [5.74, 6) is 0. The molecular weight excluding hydrogens is 440 g/mol. The van der Waals surface area contributed by atoms with Crippen LogP contribution in [0.25, 0.3) is 5.69 Å². The lowest BCUT2D eigenvalue weighted by Gasteiger charge is -2.29. The quantitative estimate of drug-likeness (QED) is 0.279. The maximum atomic E-state index is 5.85. The zero-order valence-electron chi connectivity index (χ0n) is 19.1. The second-order valence-corrected chi connectivity index (χ2v) is 8.80. The molecule has 0 amide bonds. The Morgan fingerprint density at radius 3 is 2.59 bits per heavy atom. The zero-order valence-corrected chi connectivity index (χ0v) is 19.9. The molecule has 3 aromatic heterocycles. The Balaban J connectivity index is 1.45. The fraction of sp³-hybridized carbons (Fsp3) is 0.222. The van der Waals surface area contributed by atoms with Crippen LogP contribution in [0.5, 0.6) is 0 Å². The highest BCUT2D eigenvalue weighted by molar-refractivity contribution is 7.80. The van der Waals surface area contributed by atoms with E-state index in [4.69, 9.17) is 12.2 Å². The van der Waals surface area contributed by atoms with Gasteiger partial charge in [0.15, 0.2) is 5.11 Å². The molecule has 1 aliphatic rings. The number of anilines is 1. The van der Waals surface area contributed by atoms with Crippen molar-refractivity contribution < 1.29 is 0 Å². The third-order valence-corrected chi connectivity index (χ3v) is 6.54. The minimum Gasteiger partial charge on any atom is -0.385 e. The van der Waals surface area contributed by atoms with Crippen LogP contribution < -0.4 is 10.6 Å². The SMILES string of the molecule is Cc1ccc([C@@H]2[C@H](c3ccccn3)NC(=S)N2CCCNc2ccccc2)n1-c1cccnc1. The minimum atomic E-state index is -0.0412. The van der Waals surface area contributed by atoms with Gasteiger partial charge in [-0.15, -0.1) is 0 Å². The molecule has 6 nitrogen and oxygen atoms in total. The minimum absolute atomic E-state index is 0.00744. The molecule has 2 N–H and O–H groups in total. The summed E-state index contributed by atoms with van der Waals surface area (Å²) in [6, 6.07) is 24.7. The van der Waals surface area contributed by atoms with E-state index in [9.17, 15) is 0 Å². The van der Waals surface area contributed by atoms with Crippen LogP contribution >= 0.6 is 12.2 Å². The van der Waals surface area contributed by atoms with Crippen LogP contribution in [0.1, 0.15) is 35.6 Å². The van der Waals surface area contributed by atoms with Crippen LogP contribution in [0.2, 0.25) is 0 Å². The van der Waals surface area contributed by atoms with Gasteiger partial charge in [0.25, 0.3) is 0 Å². The van der Waals surface area contributed by atoms with Crippen LogP contribution in [0.4, 0.5) is 5.69 Å². The summed E-state index contributed by atoms with van der Waals surface area (Å²) in [6.07, 6.45) is 6.50. The predicted octanol–water partition coefficient (Wildman–Crippen LogP) is 5.05. The summed E-state index contributed by atoms with van der Waals surface area (Å²) < 4.78 is 2.28. The van der Waals surface area contributed by atoms with Crippen molar-refractivity contribution >= 4 is 23.0 Å². The van der Waals surface area contributed by atoms with Crippen LogP contribution in [-0.4, -0.2) is 37.6 Å². The van der Waals surface area contributed by atoms with E-state index < -0.39 is 0 Å². The first-order valence-corrected chi connectivity index (χ1v) is 12.0. The fourth-order valence-electron chi connectivity index (χ4n) is 4.63. The Morgan fingerprint density at radius 2 is 1.82 bits per heavy atom. The van der Waals surface area contributed by atoms with Crippen molar-refractivity contribution in [2.45, 2.75) is 25.4 Å². The Kier molecular flexibility index (Phi) is 6.53. The molecule has 1 aromatic carbocycles. The van der Waals surface area contributed by atoms with Crippen molar-refractivity contribution in [3.8, 4) is 5.69 Å². The van der Waals surface area contributed by atoms with Gasteiger partial charge in [-0.05, 0) is 74.1 Å². The van der Waals surface area contributed by atoms with E-state index in [-0.39, 0.29) is 12.1 Å². The number of benzene rings is 1. The maximum absolute atomic E-state index is 5.85. The van der Waals surface area contributed by atoms with E-state index in [2.05, 4.69) is 73.4 Å². The molecule has 2 atom stereocenters. The van der Waals surface area contributed by atoms with E-state index in [1.807, 2.05) is 48.8 Å². The molecule has 0 bridgehead atoms. The number of aromatic nitrogens is 3. The van der Waals surface area contributed by atoms with E-state index in [1.54, 1.807) is 6.20 Å². The average molecular weight is 469 g/mol. The van der Waals surface area contributed by atoms with Crippen LogP contribution in [0.3, 0.4) is 0 Å². The Morgan fingerprint density at radius 1 is 0.971 bits per heavy atom. The molecule has 0 radical (unpaired) electrons. The molecule has 1 aliphatic heterocycles. The molecule has 5 rings (SSSR count). The van der Waals surface area contributed by atoms with Crippen LogP contribution in [0, 0.1) is 6.92 Å². The molecule has 0 saturated carbocycles. The topological polar surface area (TPSA) is 58.0 Å². The average Bonchev–Trinajstić information content (AvgIpc) is 3.42. The van der Waals surface area contributed by atoms with Crippen molar-refractivity contribution in [3.05, 3.63) is 108 Å². The number of para-hydroxylation sites is 1. The highest BCUT2D eigenvalue weighted by Gasteiger charge is 2.41. The normalized spacial score (nSPS) is 17.6. The summed E-state index contributed by atoms with van der Waals surface area (Å²) in [6.45, 7) is 3.82. The smallest absolute Gasteiger partial charge is 0.170 e. The number of nitrogens with zero attached hydrogens (tertiary/aromatic N) is 4. The van der Waals surface area contributed by atoms with E-state index >= 15 is 0 Å². The lowest BCUT2D eigenvalue weighted by molar-refractivity contribution is 0.307. The standard InChI is InChI=1S/C27H28N6S/c1-20-13-14-24(33(20)22-11-7-15-28-19-22)26-25(23-12-5-6-16-30-23)31-27(34)32(26)18-8-17-29-21-9-3-2-4-10-21/h2-7,9-16,19,25-26,29H,8,17-18H2,1H3,(H,31,34)/t25-,26+/m0/s1. The maximum Gasteiger partial charge on any atom is 0.170 e. The molecule has 0 aliphatic carbocycles. The second-order valence-electron chi connectivity index (χ2n) is 8.41. The molecule has 172 valence electrons. The Hall–Kier alpha value is -3.71. The van der Waals surface area contributed by atoms with Gasteiger partial charge in [0.2, 0.25) is 0 Å². The predicted molar refractivity (Wildman–Crippen MR) is 140 cm³/mol. The number of hydrogen-bond donors (Lipinski definition) is 2. The van der Waals surface area contributed by atoms with Crippen molar-refractivity contribution in [3.63, 3.8) is 0 Å². The first-order valence-electron chi connectivity index (χ1n) is 11.6. The van der Waals surface area contributed by atoms with Crippen LogP contribution in [0.15, 0.2) is 91.4 Å². The lowest BCUT2D eigenvalue weighted by Crippen LogP contribution is -2.32. The van der Waals surface area contributed by atoms with E-state index in [1.165, 1.54) is 5.69 Å². The summed E-state index contributed by atoms with van der Waals surface area (Å²) >= 11 is 5.85. The lowest BCUT2D eigenvalue weighted by atomic mass is 10.0. The highest BCUT2D eigenvalue weighted by Crippen LogP contribution is 2.40. The fourth-order valence-corrected chi connectivity index (χ4v) is 4.97. The van der Waals surface area contributed by atoms with E-state index in [0.29, 0.717) is 0 Å². The summed E-state index contributed by atoms with van der Waals surface area (Å²) in [5.41, 5.74) is 5.49. The molecule has 7 heteroatoms. The molecular formula is C27H28N6S. The van der Waals surface area contributed by atoms with E-state index in [0.717, 1.165) is 47.4 Å². The largest absolute Gasteiger partial charge is 0.385 e. The number of nitrogens with one attached hydrogen (secondary N) is 2. The van der Waals surface area contributed by atoms with Crippen molar-refractivity contribution in [2.75, 3.05) is 18.4 Å². The van der Waals surface area contributed by atoms with Crippen LogP contribution in [-0.2, 0) is 0 Å². The third kappa shape index (κ3) is 4.52. The molecule has 0 spiro atoms. The first-order chi connectivity index (χ1) is 16.7. The van der Waals surface area contributed by atoms with Gasteiger partial charge < -0.3 is 20.1 Å². The molecule has 34 heavy (non-hydrogen) atoms. The van der Waals surface area contributed by atoms with Gasteiger partial charge in [0.05, 0.1) is 29.7 Å². The van der Waals surface area contributed by atoms with Gasteiger partial charge in [0, 0.05) is 42.6 Å². The number of hydrogen-bond acceptors (Lipinski definition) is 4. The molecule has 4 heterocycles. The summed E-state index contributed by atoms with van der Waals surface area (Å²) in [7, 11) is 0. The molecule has 1 fully saturated rings. The van der Waals surface area contributed by atoms with Gasteiger partial charge in [0.1, 0.15) is 0 Å². The number of rotatable bonds is 8. The number of aryl methyl sites for hydroxylation is 1. The first kappa shape index (κ1) is 22.1. The van der Waals surface area contributed by atoms with Crippen molar-refractivity contribution in [1.82, 2.24) is 24.8 Å². The molecule has 0 unspecified atom stereocenters. The summed E-state index contributed by atoms with van der Waals surface area (Å²) in [4.78, 5) is 11.3. The number of thiocarbonyl (C=S) groups is 1.